The van der Waals surface area contributed by atoms with E-state index in [2.05, 4.69) is 14.9 Å². The lowest BCUT2D eigenvalue weighted by Gasteiger charge is -2.16. The minimum atomic E-state index is -3.51. The molecule has 0 saturated carbocycles. The zero-order chi connectivity index (χ0) is 26.3. The minimum Gasteiger partial charge on any atom is -0.457 e. The van der Waals surface area contributed by atoms with Crippen molar-refractivity contribution in [2.75, 3.05) is 10.5 Å². The van der Waals surface area contributed by atoms with Crippen molar-refractivity contribution in [3.63, 3.8) is 0 Å². The fourth-order valence-corrected chi connectivity index (χ4v) is 4.83. The van der Waals surface area contributed by atoms with Gasteiger partial charge in [0.05, 0.1) is 29.7 Å². The van der Waals surface area contributed by atoms with Crippen LogP contribution in [0.15, 0.2) is 70.5 Å². The van der Waals surface area contributed by atoms with E-state index in [4.69, 9.17) is 9.26 Å². The highest BCUT2D eigenvalue weighted by molar-refractivity contribution is 7.92. The van der Waals surface area contributed by atoms with Crippen LogP contribution >= 0.6 is 0 Å². The monoisotopic (exact) mass is 519 g/mol. The van der Waals surface area contributed by atoms with Crippen molar-refractivity contribution < 1.29 is 17.7 Å². The molecule has 5 aromatic rings. The van der Waals surface area contributed by atoms with Gasteiger partial charge in [-0.05, 0) is 56.7 Å². The number of aromatic nitrogens is 4. The Hall–Kier alpha value is -4.38. The van der Waals surface area contributed by atoms with Crippen molar-refractivity contribution >= 4 is 21.2 Å². The van der Waals surface area contributed by atoms with E-state index >= 15 is 0 Å². The summed E-state index contributed by atoms with van der Waals surface area (Å²) in [5.41, 5.74) is 4.27. The Morgan fingerprint density at radius 2 is 1.95 bits per heavy atom. The van der Waals surface area contributed by atoms with Gasteiger partial charge < -0.3 is 13.8 Å². The van der Waals surface area contributed by atoms with Gasteiger partial charge in [-0.1, -0.05) is 17.3 Å². The van der Waals surface area contributed by atoms with Gasteiger partial charge in [-0.3, -0.25) is 13.9 Å². The van der Waals surface area contributed by atoms with Gasteiger partial charge in [0.1, 0.15) is 22.8 Å². The molecule has 190 valence electrons. The molecule has 0 saturated heterocycles. The number of nitrogens with one attached hydrogen (secondary N) is 1. The Kier molecular flexibility index (Phi) is 6.08. The van der Waals surface area contributed by atoms with Gasteiger partial charge >= 0.3 is 0 Å². The second kappa shape index (κ2) is 9.25. The predicted molar refractivity (Wildman–Crippen MR) is 140 cm³/mol. The smallest absolute Gasteiger partial charge is 0.276 e. The summed E-state index contributed by atoms with van der Waals surface area (Å²) in [4.78, 5) is 16.8. The number of hydrogen-bond donors (Lipinski definition) is 1. The number of aryl methyl sites for hydroxylation is 3. The van der Waals surface area contributed by atoms with Crippen molar-refractivity contribution in [3.05, 3.63) is 83.0 Å². The number of nitrogens with zero attached hydrogens (tertiary/aromatic N) is 4. The van der Waals surface area contributed by atoms with Gasteiger partial charge in [0.2, 0.25) is 10.0 Å². The first-order valence-corrected chi connectivity index (χ1v) is 13.2. The van der Waals surface area contributed by atoms with Crippen LogP contribution in [0.25, 0.3) is 27.9 Å². The Morgan fingerprint density at radius 3 is 2.68 bits per heavy atom. The Labute approximate surface area is 213 Å². The number of imidazole rings is 1. The lowest BCUT2D eigenvalue weighted by atomic mass is 10.0. The van der Waals surface area contributed by atoms with E-state index in [1.807, 2.05) is 38.1 Å². The van der Waals surface area contributed by atoms with E-state index < -0.39 is 10.0 Å². The van der Waals surface area contributed by atoms with Crippen LogP contribution in [0.2, 0.25) is 0 Å². The molecule has 2 aromatic carbocycles. The van der Waals surface area contributed by atoms with Gasteiger partial charge in [0.15, 0.2) is 0 Å². The van der Waals surface area contributed by atoms with E-state index in [0.717, 1.165) is 16.8 Å². The number of hydrogen-bond acceptors (Lipinski definition) is 7. The number of anilines is 1. The molecule has 5 rings (SSSR count). The zero-order valence-electron chi connectivity index (χ0n) is 20.7. The largest absolute Gasteiger partial charge is 0.457 e. The summed E-state index contributed by atoms with van der Waals surface area (Å²) in [5.74, 6) is 1.66. The Bertz CT molecular complexity index is 1780. The number of fused-ring (bicyclic) bond motifs is 1. The zero-order valence-corrected chi connectivity index (χ0v) is 21.5. The molecule has 0 spiro atoms. The molecule has 11 heteroatoms. The third-order valence-electron chi connectivity index (χ3n) is 6.05. The van der Waals surface area contributed by atoms with E-state index in [1.54, 1.807) is 42.8 Å². The van der Waals surface area contributed by atoms with Crippen molar-refractivity contribution in [3.8, 4) is 33.9 Å². The molecule has 0 aliphatic heterocycles. The lowest BCUT2D eigenvalue weighted by molar-refractivity contribution is 0.393. The standard InChI is InChI=1S/C26H25N5O5S/c1-5-37(33,34)29-19-9-10-24(21(12-19)23-14-30(4)26(32)22-13-27-15-31(22)23)35-20-8-6-7-18(11-20)25-16(2)28-36-17(25)3/h6-15,29H,5H2,1-4H3. The molecular weight excluding hydrogens is 494 g/mol. The quantitative estimate of drug-likeness (QED) is 0.335. The van der Waals surface area contributed by atoms with E-state index in [9.17, 15) is 13.2 Å². The van der Waals surface area contributed by atoms with Crippen LogP contribution in [-0.2, 0) is 17.1 Å². The average molecular weight is 520 g/mol. The van der Waals surface area contributed by atoms with Crippen molar-refractivity contribution in [1.29, 1.82) is 0 Å². The van der Waals surface area contributed by atoms with E-state index in [-0.39, 0.29) is 11.3 Å². The van der Waals surface area contributed by atoms with Crippen molar-refractivity contribution in [2.24, 2.45) is 7.05 Å². The summed E-state index contributed by atoms with van der Waals surface area (Å²) in [6.07, 6.45) is 4.69. The molecule has 0 bridgehead atoms. The summed E-state index contributed by atoms with van der Waals surface area (Å²) < 4.78 is 41.9. The highest BCUT2D eigenvalue weighted by Crippen LogP contribution is 2.37. The molecule has 0 aliphatic carbocycles. The Balaban J connectivity index is 1.65. The van der Waals surface area contributed by atoms with Crippen LogP contribution in [-0.4, -0.2) is 33.3 Å². The van der Waals surface area contributed by atoms with Crippen LogP contribution in [0.5, 0.6) is 11.5 Å². The summed E-state index contributed by atoms with van der Waals surface area (Å²) >= 11 is 0. The third kappa shape index (κ3) is 4.60. The average Bonchev–Trinajstić information content (AvgIpc) is 3.49. The van der Waals surface area contributed by atoms with Crippen LogP contribution < -0.4 is 15.0 Å². The molecule has 0 fully saturated rings. The van der Waals surface area contributed by atoms with Gasteiger partial charge in [0.25, 0.3) is 5.56 Å². The first-order valence-electron chi connectivity index (χ1n) is 11.5. The fraction of sp³-hybridized carbons (Fsp3) is 0.192. The molecular formula is C26H25N5O5S. The maximum Gasteiger partial charge on any atom is 0.276 e. The molecule has 0 aliphatic rings. The van der Waals surface area contributed by atoms with Crippen molar-refractivity contribution in [2.45, 2.75) is 20.8 Å². The highest BCUT2D eigenvalue weighted by atomic mass is 32.2. The summed E-state index contributed by atoms with van der Waals surface area (Å²) in [6, 6.07) is 12.5. The maximum absolute atomic E-state index is 12.6. The van der Waals surface area contributed by atoms with Crippen molar-refractivity contribution in [1.82, 2.24) is 19.1 Å². The predicted octanol–water partition coefficient (Wildman–Crippen LogP) is 4.53. The molecule has 3 aromatic heterocycles. The van der Waals surface area contributed by atoms with Crippen LogP contribution in [0.3, 0.4) is 0 Å². The first kappa shape index (κ1) is 24.3. The molecule has 37 heavy (non-hydrogen) atoms. The first-order chi connectivity index (χ1) is 17.7. The summed E-state index contributed by atoms with van der Waals surface area (Å²) in [5, 5.41) is 4.04. The number of ether oxygens (including phenoxy) is 1. The van der Waals surface area contributed by atoms with E-state index in [1.165, 1.54) is 17.1 Å². The normalized spacial score (nSPS) is 11.7. The molecule has 1 N–H and O–H groups in total. The molecule has 0 atom stereocenters. The summed E-state index contributed by atoms with van der Waals surface area (Å²) in [6.45, 7) is 5.30. The number of benzene rings is 2. The number of sulfonamides is 1. The van der Waals surface area contributed by atoms with Gasteiger partial charge in [-0.15, -0.1) is 0 Å². The third-order valence-corrected chi connectivity index (χ3v) is 7.35. The van der Waals surface area contributed by atoms with Gasteiger partial charge in [-0.2, -0.15) is 0 Å². The number of rotatable bonds is 7. The molecule has 3 heterocycles. The molecule has 10 nitrogen and oxygen atoms in total. The SMILES string of the molecule is CCS(=O)(=O)Nc1ccc(Oc2cccc(-c3c(C)noc3C)c2)c(-c2cn(C)c(=O)c3cncn23)c1. The second-order valence-corrected chi connectivity index (χ2v) is 10.6. The van der Waals surface area contributed by atoms with Gasteiger partial charge in [0, 0.05) is 30.1 Å². The highest BCUT2D eigenvalue weighted by Gasteiger charge is 2.18. The maximum atomic E-state index is 12.6. The molecule has 0 radical (unpaired) electrons. The fourth-order valence-electron chi connectivity index (χ4n) is 4.20. The van der Waals surface area contributed by atoms with E-state index in [0.29, 0.717) is 39.7 Å². The van der Waals surface area contributed by atoms with Crippen LogP contribution in [0.1, 0.15) is 18.4 Å². The summed E-state index contributed by atoms with van der Waals surface area (Å²) in [7, 11) is -1.86. The molecule has 0 unspecified atom stereocenters. The Morgan fingerprint density at radius 1 is 1.14 bits per heavy atom. The topological polar surface area (TPSA) is 121 Å². The van der Waals surface area contributed by atoms with Crippen LogP contribution in [0.4, 0.5) is 5.69 Å². The lowest BCUT2D eigenvalue weighted by Crippen LogP contribution is -2.19. The molecule has 0 amide bonds. The van der Waals surface area contributed by atoms with Gasteiger partial charge in [-0.25, -0.2) is 13.4 Å². The second-order valence-electron chi connectivity index (χ2n) is 8.62. The minimum absolute atomic E-state index is 0.0688. The van der Waals surface area contributed by atoms with Crippen LogP contribution in [0, 0.1) is 13.8 Å².